The van der Waals surface area contributed by atoms with Crippen molar-refractivity contribution in [3.8, 4) is 0 Å². The maximum absolute atomic E-state index is 11.5. The van der Waals surface area contributed by atoms with Crippen LogP contribution in [0.1, 0.15) is 26.7 Å². The summed E-state index contributed by atoms with van der Waals surface area (Å²) in [7, 11) is 0. The Morgan fingerprint density at radius 1 is 1.22 bits per heavy atom. The number of rotatable bonds is 8. The molecule has 6 nitrogen and oxygen atoms in total. The first kappa shape index (κ1) is 14.8. The average molecular weight is 257 g/mol. The molecule has 0 aromatic heterocycles. The molecule has 1 saturated carbocycles. The number of hydrogen-bond acceptors (Lipinski definition) is 3. The highest BCUT2D eigenvalue weighted by molar-refractivity contribution is 5.80. The molecule has 1 aliphatic carbocycles. The molecular formula is C12H23N3O3. The van der Waals surface area contributed by atoms with E-state index in [0.717, 1.165) is 19.6 Å². The van der Waals surface area contributed by atoms with Crippen molar-refractivity contribution in [3.05, 3.63) is 0 Å². The maximum atomic E-state index is 11.5. The van der Waals surface area contributed by atoms with Gasteiger partial charge in [0.05, 0.1) is 5.41 Å². The maximum Gasteiger partial charge on any atom is 0.314 e. The molecule has 0 radical (unpaired) electrons. The molecule has 1 fully saturated rings. The van der Waals surface area contributed by atoms with E-state index in [1.165, 1.54) is 0 Å². The Kier molecular flexibility index (Phi) is 5.40. The van der Waals surface area contributed by atoms with Crippen molar-refractivity contribution in [2.45, 2.75) is 26.7 Å². The summed E-state index contributed by atoms with van der Waals surface area (Å²) in [4.78, 5) is 24.6. The molecule has 0 aromatic rings. The van der Waals surface area contributed by atoms with Crippen LogP contribution in [-0.4, -0.2) is 54.7 Å². The lowest BCUT2D eigenvalue weighted by atomic mass is 10.1. The van der Waals surface area contributed by atoms with E-state index in [0.29, 0.717) is 19.4 Å². The van der Waals surface area contributed by atoms with Crippen molar-refractivity contribution in [2.24, 2.45) is 5.41 Å². The fourth-order valence-electron chi connectivity index (χ4n) is 1.80. The Labute approximate surface area is 108 Å². The van der Waals surface area contributed by atoms with Gasteiger partial charge in [-0.05, 0) is 25.9 Å². The Morgan fingerprint density at radius 3 is 2.28 bits per heavy atom. The lowest BCUT2D eigenvalue weighted by molar-refractivity contribution is -0.143. The summed E-state index contributed by atoms with van der Waals surface area (Å²) in [5.74, 6) is -0.814. The first-order valence-corrected chi connectivity index (χ1v) is 6.51. The molecule has 1 rings (SSSR count). The number of carboxylic acids is 1. The van der Waals surface area contributed by atoms with Crippen LogP contribution in [0.2, 0.25) is 0 Å². The smallest absolute Gasteiger partial charge is 0.314 e. The Balaban J connectivity index is 2.13. The van der Waals surface area contributed by atoms with Crippen LogP contribution in [0.4, 0.5) is 4.79 Å². The van der Waals surface area contributed by atoms with E-state index in [1.54, 1.807) is 0 Å². The Bertz CT molecular complexity index is 299. The zero-order valence-electron chi connectivity index (χ0n) is 11.2. The molecule has 6 heteroatoms. The highest BCUT2D eigenvalue weighted by atomic mass is 16.4. The topological polar surface area (TPSA) is 81.7 Å². The minimum atomic E-state index is -0.814. The summed E-state index contributed by atoms with van der Waals surface area (Å²) < 4.78 is 0. The molecular weight excluding hydrogens is 234 g/mol. The van der Waals surface area contributed by atoms with Gasteiger partial charge in [-0.3, -0.25) is 4.79 Å². The molecule has 1 aliphatic rings. The van der Waals surface area contributed by atoms with Crippen molar-refractivity contribution >= 4 is 12.0 Å². The van der Waals surface area contributed by atoms with Crippen LogP contribution in [0.15, 0.2) is 0 Å². The van der Waals surface area contributed by atoms with E-state index in [-0.39, 0.29) is 12.6 Å². The lowest BCUT2D eigenvalue weighted by Gasteiger charge is -2.18. The number of likely N-dealkylation sites (N-methyl/N-ethyl adjacent to an activating group) is 1. The predicted octanol–water partition coefficient (Wildman–Crippen LogP) is 0.492. The third-order valence-electron chi connectivity index (χ3n) is 3.50. The summed E-state index contributed by atoms with van der Waals surface area (Å²) in [6.45, 7) is 7.68. The van der Waals surface area contributed by atoms with Crippen LogP contribution in [-0.2, 0) is 4.79 Å². The number of aliphatic carboxylic acids is 1. The first-order chi connectivity index (χ1) is 8.54. The first-order valence-electron chi connectivity index (χ1n) is 6.51. The fourth-order valence-corrected chi connectivity index (χ4v) is 1.80. The monoisotopic (exact) mass is 257 g/mol. The van der Waals surface area contributed by atoms with E-state index in [1.807, 2.05) is 0 Å². The number of nitrogens with one attached hydrogen (secondary N) is 2. The van der Waals surface area contributed by atoms with Gasteiger partial charge in [-0.1, -0.05) is 13.8 Å². The van der Waals surface area contributed by atoms with Gasteiger partial charge in [0, 0.05) is 19.6 Å². The SMILES string of the molecule is CCN(CC)CCNC(=O)NCC1(C(=O)O)CC1. The zero-order chi connectivity index (χ0) is 13.6. The van der Waals surface area contributed by atoms with E-state index in [2.05, 4.69) is 29.4 Å². The molecule has 0 saturated heterocycles. The Morgan fingerprint density at radius 2 is 1.83 bits per heavy atom. The van der Waals surface area contributed by atoms with E-state index in [9.17, 15) is 9.59 Å². The van der Waals surface area contributed by atoms with E-state index in [4.69, 9.17) is 5.11 Å². The lowest BCUT2D eigenvalue weighted by Crippen LogP contribution is -2.43. The van der Waals surface area contributed by atoms with Gasteiger partial charge in [-0.2, -0.15) is 0 Å². The van der Waals surface area contributed by atoms with Gasteiger partial charge < -0.3 is 20.6 Å². The van der Waals surface area contributed by atoms with Gasteiger partial charge in [0.1, 0.15) is 0 Å². The summed E-state index contributed by atoms with van der Waals surface area (Å²) >= 11 is 0. The van der Waals surface area contributed by atoms with Crippen molar-refractivity contribution in [1.29, 1.82) is 0 Å². The molecule has 3 N–H and O–H groups in total. The number of hydrogen-bond donors (Lipinski definition) is 3. The van der Waals surface area contributed by atoms with Crippen LogP contribution in [0.3, 0.4) is 0 Å². The van der Waals surface area contributed by atoms with Gasteiger partial charge in [0.15, 0.2) is 0 Å². The second-order valence-electron chi connectivity index (χ2n) is 4.72. The summed E-state index contributed by atoms with van der Waals surface area (Å²) in [6.07, 6.45) is 1.31. The number of carbonyl (C=O) groups excluding carboxylic acids is 1. The summed E-state index contributed by atoms with van der Waals surface area (Å²) in [6, 6.07) is -0.283. The molecule has 0 heterocycles. The molecule has 104 valence electrons. The van der Waals surface area contributed by atoms with Crippen molar-refractivity contribution in [3.63, 3.8) is 0 Å². The third kappa shape index (κ3) is 4.18. The van der Waals surface area contributed by atoms with Gasteiger partial charge >= 0.3 is 12.0 Å². The number of carboxylic acid groups (broad SMARTS) is 1. The molecule has 0 unspecified atom stereocenters. The zero-order valence-corrected chi connectivity index (χ0v) is 11.2. The fraction of sp³-hybridized carbons (Fsp3) is 0.833. The van der Waals surface area contributed by atoms with Crippen molar-refractivity contribution < 1.29 is 14.7 Å². The normalized spacial score (nSPS) is 16.4. The molecule has 0 atom stereocenters. The molecule has 0 bridgehead atoms. The minimum absolute atomic E-state index is 0.222. The van der Waals surface area contributed by atoms with Crippen LogP contribution < -0.4 is 10.6 Å². The largest absolute Gasteiger partial charge is 0.481 e. The minimum Gasteiger partial charge on any atom is -0.481 e. The summed E-state index contributed by atoms with van der Waals surface area (Å²) in [5.41, 5.74) is -0.698. The Hall–Kier alpha value is -1.30. The standard InChI is InChI=1S/C12H23N3O3/c1-3-15(4-2)8-7-13-11(18)14-9-12(5-6-12)10(16)17/h3-9H2,1-2H3,(H,16,17)(H2,13,14,18). The van der Waals surface area contributed by atoms with Crippen molar-refractivity contribution in [2.75, 3.05) is 32.7 Å². The molecule has 2 amide bonds. The number of carbonyl (C=O) groups is 2. The van der Waals surface area contributed by atoms with Crippen LogP contribution in [0, 0.1) is 5.41 Å². The number of urea groups is 1. The van der Waals surface area contributed by atoms with E-state index >= 15 is 0 Å². The third-order valence-corrected chi connectivity index (χ3v) is 3.50. The van der Waals surface area contributed by atoms with Gasteiger partial charge in [-0.15, -0.1) is 0 Å². The van der Waals surface area contributed by atoms with Gasteiger partial charge in [-0.25, -0.2) is 4.79 Å². The summed E-state index contributed by atoms with van der Waals surface area (Å²) in [5, 5.41) is 14.3. The predicted molar refractivity (Wildman–Crippen MR) is 68.5 cm³/mol. The highest BCUT2D eigenvalue weighted by Gasteiger charge is 2.50. The van der Waals surface area contributed by atoms with Crippen LogP contribution >= 0.6 is 0 Å². The number of amides is 2. The van der Waals surface area contributed by atoms with Gasteiger partial charge in [0.25, 0.3) is 0 Å². The van der Waals surface area contributed by atoms with Crippen LogP contribution in [0.25, 0.3) is 0 Å². The van der Waals surface area contributed by atoms with Crippen LogP contribution in [0.5, 0.6) is 0 Å². The second-order valence-corrected chi connectivity index (χ2v) is 4.72. The molecule has 0 aromatic carbocycles. The highest BCUT2D eigenvalue weighted by Crippen LogP contribution is 2.45. The average Bonchev–Trinajstić information content (AvgIpc) is 3.13. The quantitative estimate of drug-likeness (QED) is 0.591. The van der Waals surface area contributed by atoms with E-state index < -0.39 is 11.4 Å². The van der Waals surface area contributed by atoms with Gasteiger partial charge in [0.2, 0.25) is 0 Å². The second kappa shape index (κ2) is 6.58. The molecule has 0 aliphatic heterocycles. The molecule has 18 heavy (non-hydrogen) atoms. The molecule has 0 spiro atoms. The number of nitrogens with zero attached hydrogens (tertiary/aromatic N) is 1. The van der Waals surface area contributed by atoms with Crippen molar-refractivity contribution in [1.82, 2.24) is 15.5 Å².